The Bertz CT molecular complexity index is 769. The molecule has 0 aliphatic carbocycles. The molecule has 0 radical (unpaired) electrons. The molecule has 1 aromatic carbocycles. The zero-order valence-corrected chi connectivity index (χ0v) is 15.1. The maximum atomic E-state index is 6.38. The number of thioether (sulfide) groups is 1. The third-order valence-corrected chi connectivity index (χ3v) is 4.92. The molecule has 2 atom stereocenters. The topological polar surface area (TPSA) is 78.1 Å². The molecule has 3 N–H and O–H groups in total. The molecule has 1 fully saturated rings. The molecular weight excluding hydrogens is 350 g/mol. The van der Waals surface area contributed by atoms with Crippen molar-refractivity contribution < 1.29 is 14.2 Å². The van der Waals surface area contributed by atoms with Gasteiger partial charge >= 0.3 is 5.91 Å². The predicted molar refractivity (Wildman–Crippen MR) is 103 cm³/mol. The molecule has 0 spiro atoms. The van der Waals surface area contributed by atoms with Gasteiger partial charge in [-0.2, -0.15) is 4.99 Å². The zero-order chi connectivity index (χ0) is 17.8. The molecule has 0 amide bonds. The van der Waals surface area contributed by atoms with Gasteiger partial charge in [0.25, 0.3) is 0 Å². The SMILES string of the molecule is NC1=NC(OC2=CCSC=C2)(O[C@@H]2CCOC2)C(c2ccccc2)=CN1. The highest BCUT2D eigenvalue weighted by molar-refractivity contribution is 8.02. The lowest BCUT2D eigenvalue weighted by molar-refractivity contribution is -0.193. The van der Waals surface area contributed by atoms with Crippen molar-refractivity contribution in [3.05, 3.63) is 65.4 Å². The first-order valence-electron chi connectivity index (χ1n) is 8.56. The fourth-order valence-corrected chi connectivity index (χ4v) is 3.60. The number of rotatable bonds is 5. The van der Waals surface area contributed by atoms with Gasteiger partial charge in [-0.3, -0.25) is 0 Å². The third kappa shape index (κ3) is 3.65. The highest BCUT2D eigenvalue weighted by Crippen LogP contribution is 2.39. The molecule has 0 saturated carbocycles. The molecule has 1 aromatic rings. The van der Waals surface area contributed by atoms with Crippen molar-refractivity contribution in [2.24, 2.45) is 10.7 Å². The van der Waals surface area contributed by atoms with Gasteiger partial charge in [-0.1, -0.05) is 30.3 Å². The average Bonchev–Trinajstić information content (AvgIpc) is 3.16. The van der Waals surface area contributed by atoms with Crippen LogP contribution in [0.1, 0.15) is 12.0 Å². The Morgan fingerprint density at radius 1 is 1.31 bits per heavy atom. The van der Waals surface area contributed by atoms with Crippen molar-refractivity contribution in [2.75, 3.05) is 19.0 Å². The number of guanidine groups is 1. The van der Waals surface area contributed by atoms with Gasteiger partial charge in [0.2, 0.25) is 0 Å². The quantitative estimate of drug-likeness (QED) is 0.775. The van der Waals surface area contributed by atoms with Crippen LogP contribution in [0.2, 0.25) is 0 Å². The van der Waals surface area contributed by atoms with Crippen LogP contribution in [-0.2, 0) is 14.2 Å². The van der Waals surface area contributed by atoms with Crippen LogP contribution in [0.25, 0.3) is 5.57 Å². The maximum Gasteiger partial charge on any atom is 0.346 e. The van der Waals surface area contributed by atoms with Crippen molar-refractivity contribution in [2.45, 2.75) is 18.4 Å². The molecule has 1 unspecified atom stereocenters. The van der Waals surface area contributed by atoms with E-state index in [4.69, 9.17) is 19.9 Å². The number of nitrogens with zero attached hydrogens (tertiary/aromatic N) is 1. The lowest BCUT2D eigenvalue weighted by atomic mass is 10.0. The van der Waals surface area contributed by atoms with Crippen molar-refractivity contribution in [1.29, 1.82) is 0 Å². The van der Waals surface area contributed by atoms with E-state index >= 15 is 0 Å². The van der Waals surface area contributed by atoms with Crippen LogP contribution in [0.5, 0.6) is 0 Å². The Hall–Kier alpha value is -2.22. The highest BCUT2D eigenvalue weighted by Gasteiger charge is 2.44. The van der Waals surface area contributed by atoms with E-state index in [1.165, 1.54) is 0 Å². The molecular formula is C19H21N3O3S. The minimum atomic E-state index is -1.35. The van der Waals surface area contributed by atoms with Crippen molar-refractivity contribution >= 4 is 23.3 Å². The van der Waals surface area contributed by atoms with Gasteiger partial charge < -0.3 is 25.3 Å². The monoisotopic (exact) mass is 371 g/mol. The number of nitrogens with two attached hydrogens (primary N) is 1. The molecule has 3 heterocycles. The van der Waals surface area contributed by atoms with Gasteiger partial charge in [-0.15, -0.1) is 11.8 Å². The van der Waals surface area contributed by atoms with Gasteiger partial charge in [0.1, 0.15) is 5.76 Å². The minimum Gasteiger partial charge on any atom is -0.439 e. The largest absolute Gasteiger partial charge is 0.439 e. The molecule has 7 heteroatoms. The van der Waals surface area contributed by atoms with E-state index in [-0.39, 0.29) is 12.1 Å². The minimum absolute atomic E-state index is 0.112. The third-order valence-electron chi connectivity index (χ3n) is 4.24. The first-order chi connectivity index (χ1) is 12.8. The summed E-state index contributed by atoms with van der Waals surface area (Å²) in [5.41, 5.74) is 7.71. The van der Waals surface area contributed by atoms with E-state index in [0.29, 0.717) is 19.0 Å². The van der Waals surface area contributed by atoms with Crippen LogP contribution >= 0.6 is 11.8 Å². The van der Waals surface area contributed by atoms with Crippen LogP contribution in [-0.4, -0.2) is 36.9 Å². The van der Waals surface area contributed by atoms with Gasteiger partial charge in [-0.25, -0.2) is 0 Å². The van der Waals surface area contributed by atoms with Gasteiger partial charge in [-0.05, 0) is 29.5 Å². The Morgan fingerprint density at radius 2 is 2.19 bits per heavy atom. The first kappa shape index (κ1) is 17.2. The maximum absolute atomic E-state index is 6.38. The second-order valence-corrected chi connectivity index (χ2v) is 7.03. The molecule has 3 aliphatic rings. The standard InChI is InChI=1S/C19H21N3O3S/c20-18-21-12-17(14-4-2-1-3-5-14)19(22-18,25-16-6-9-23-13-16)24-15-7-10-26-11-8-15/h1-5,7-8,10,12,16H,6,9,11,13H2,(H3,20,21,22)/t16-,19?/m1/s1. The second kappa shape index (κ2) is 7.57. The Kier molecular flexibility index (Phi) is 5.01. The van der Waals surface area contributed by atoms with E-state index in [9.17, 15) is 0 Å². The lowest BCUT2D eigenvalue weighted by Crippen LogP contribution is -2.46. The molecule has 136 valence electrons. The van der Waals surface area contributed by atoms with Crippen molar-refractivity contribution in [3.63, 3.8) is 0 Å². The van der Waals surface area contributed by atoms with Crippen LogP contribution in [0.4, 0.5) is 0 Å². The van der Waals surface area contributed by atoms with Crippen molar-refractivity contribution in [3.8, 4) is 0 Å². The number of hydrogen-bond donors (Lipinski definition) is 2. The van der Waals surface area contributed by atoms with E-state index in [1.54, 1.807) is 18.0 Å². The van der Waals surface area contributed by atoms with E-state index in [0.717, 1.165) is 23.3 Å². The lowest BCUT2D eigenvalue weighted by Gasteiger charge is -2.37. The first-order valence-corrected chi connectivity index (χ1v) is 9.61. The summed E-state index contributed by atoms with van der Waals surface area (Å²) >= 11 is 1.71. The van der Waals surface area contributed by atoms with Crippen molar-refractivity contribution in [1.82, 2.24) is 5.32 Å². The smallest absolute Gasteiger partial charge is 0.346 e. The number of benzene rings is 1. The summed E-state index contributed by atoms with van der Waals surface area (Å²) < 4.78 is 18.2. The number of nitrogens with one attached hydrogen (secondary N) is 1. The number of allylic oxidation sites excluding steroid dienone is 1. The molecule has 4 rings (SSSR count). The predicted octanol–water partition coefficient (Wildman–Crippen LogP) is 2.57. The summed E-state index contributed by atoms with van der Waals surface area (Å²) in [7, 11) is 0. The summed E-state index contributed by atoms with van der Waals surface area (Å²) in [4.78, 5) is 4.56. The van der Waals surface area contributed by atoms with Gasteiger partial charge in [0, 0.05) is 18.6 Å². The summed E-state index contributed by atoms with van der Waals surface area (Å²) in [6.45, 7) is 1.18. The Balaban J connectivity index is 1.74. The number of ether oxygens (including phenoxy) is 3. The highest BCUT2D eigenvalue weighted by atomic mass is 32.2. The fourth-order valence-electron chi connectivity index (χ4n) is 3.00. The Morgan fingerprint density at radius 3 is 2.92 bits per heavy atom. The fraction of sp³-hybridized carbons (Fsp3) is 0.316. The van der Waals surface area contributed by atoms with Crippen LogP contribution < -0.4 is 11.1 Å². The summed E-state index contributed by atoms with van der Waals surface area (Å²) in [6.07, 6.45) is 6.41. The summed E-state index contributed by atoms with van der Waals surface area (Å²) in [5.74, 6) is 0.449. The average molecular weight is 371 g/mol. The summed E-state index contributed by atoms with van der Waals surface area (Å²) in [5, 5.41) is 4.98. The molecule has 1 saturated heterocycles. The van der Waals surface area contributed by atoms with Gasteiger partial charge in [0.05, 0.1) is 18.3 Å². The molecule has 26 heavy (non-hydrogen) atoms. The normalized spacial score (nSPS) is 28.0. The van der Waals surface area contributed by atoms with E-state index in [2.05, 4.69) is 10.3 Å². The summed E-state index contributed by atoms with van der Waals surface area (Å²) in [6, 6.07) is 9.90. The van der Waals surface area contributed by atoms with Crippen LogP contribution in [0, 0.1) is 0 Å². The van der Waals surface area contributed by atoms with E-state index in [1.807, 2.05) is 47.9 Å². The number of hydrogen-bond acceptors (Lipinski definition) is 7. The zero-order valence-electron chi connectivity index (χ0n) is 14.3. The van der Waals surface area contributed by atoms with Gasteiger partial charge in [0.15, 0.2) is 5.96 Å². The second-order valence-electron chi connectivity index (χ2n) is 6.10. The van der Waals surface area contributed by atoms with Crippen LogP contribution in [0.15, 0.2) is 64.8 Å². The molecule has 0 aromatic heterocycles. The number of aliphatic imine (C=N–C) groups is 1. The Labute approximate surface area is 156 Å². The van der Waals surface area contributed by atoms with Crippen LogP contribution in [0.3, 0.4) is 0 Å². The molecule has 0 bridgehead atoms. The molecule has 6 nitrogen and oxygen atoms in total. The van der Waals surface area contributed by atoms with E-state index < -0.39 is 5.91 Å². The molecule has 3 aliphatic heterocycles.